The van der Waals surface area contributed by atoms with Crippen molar-refractivity contribution in [3.63, 3.8) is 0 Å². The monoisotopic (exact) mass is 156 g/mol. The number of hydrogen-bond donors (Lipinski definition) is 1. The summed E-state index contributed by atoms with van der Waals surface area (Å²) in [7, 11) is 0. The van der Waals surface area contributed by atoms with Gasteiger partial charge in [-0.3, -0.25) is 4.18 Å². The fourth-order valence-corrected chi connectivity index (χ4v) is 0.857. The van der Waals surface area contributed by atoms with E-state index in [4.69, 9.17) is 8.74 Å². The summed E-state index contributed by atoms with van der Waals surface area (Å²) in [5.41, 5.74) is 1.06. The van der Waals surface area contributed by atoms with E-state index in [0.717, 1.165) is 5.56 Å². The molecule has 0 aromatic heterocycles. The minimum atomic E-state index is 0.396. The van der Waals surface area contributed by atoms with Crippen LogP contribution < -0.4 is 0 Å². The standard InChI is InChI=1S/C7H8O2S/c8-10-9-6-7-4-2-1-3-5-7/h1-5,8H,6H2. The maximum Gasteiger partial charge on any atom is 0.156 e. The Morgan fingerprint density at radius 2 is 2.00 bits per heavy atom. The SMILES string of the molecule is OSOCc1ccccc1. The quantitative estimate of drug-likeness (QED) is 0.681. The normalized spacial score (nSPS) is 9.70. The topological polar surface area (TPSA) is 29.5 Å². The van der Waals surface area contributed by atoms with Crippen LogP contribution >= 0.6 is 12.3 Å². The third-order valence-electron chi connectivity index (χ3n) is 1.12. The molecule has 0 aliphatic rings. The van der Waals surface area contributed by atoms with Gasteiger partial charge in [0.2, 0.25) is 0 Å². The van der Waals surface area contributed by atoms with E-state index in [1.807, 2.05) is 30.3 Å². The van der Waals surface area contributed by atoms with Gasteiger partial charge in [0.15, 0.2) is 12.3 Å². The largest absolute Gasteiger partial charge is 0.307 e. The Bertz CT molecular complexity index is 176. The van der Waals surface area contributed by atoms with Crippen LogP contribution in [0.5, 0.6) is 0 Å². The first-order chi connectivity index (χ1) is 4.93. The van der Waals surface area contributed by atoms with E-state index in [1.165, 1.54) is 0 Å². The highest BCUT2D eigenvalue weighted by Gasteiger charge is 1.88. The van der Waals surface area contributed by atoms with Crippen LogP contribution in [0.4, 0.5) is 0 Å². The van der Waals surface area contributed by atoms with Gasteiger partial charge in [-0.25, -0.2) is 0 Å². The summed E-state index contributed by atoms with van der Waals surface area (Å²) in [6.07, 6.45) is 0. The van der Waals surface area contributed by atoms with Crippen LogP contribution in [0.25, 0.3) is 0 Å². The van der Waals surface area contributed by atoms with E-state index in [2.05, 4.69) is 0 Å². The second-order valence-corrected chi connectivity index (χ2v) is 2.21. The molecular formula is C7H8O2S. The Morgan fingerprint density at radius 1 is 1.30 bits per heavy atom. The zero-order valence-corrected chi connectivity index (χ0v) is 6.17. The van der Waals surface area contributed by atoms with E-state index in [-0.39, 0.29) is 0 Å². The molecular weight excluding hydrogens is 148 g/mol. The molecule has 0 heterocycles. The third kappa shape index (κ3) is 2.39. The molecule has 0 saturated carbocycles. The van der Waals surface area contributed by atoms with Gasteiger partial charge in [0.1, 0.15) is 0 Å². The Labute approximate surface area is 64.2 Å². The summed E-state index contributed by atoms with van der Waals surface area (Å²) in [5, 5.41) is 0. The molecule has 1 N–H and O–H groups in total. The maximum absolute atomic E-state index is 8.22. The van der Waals surface area contributed by atoms with Crippen LogP contribution in [0, 0.1) is 0 Å². The van der Waals surface area contributed by atoms with Gasteiger partial charge in [0.25, 0.3) is 0 Å². The van der Waals surface area contributed by atoms with Crippen molar-refractivity contribution < 1.29 is 8.74 Å². The molecule has 3 heteroatoms. The van der Waals surface area contributed by atoms with Gasteiger partial charge in [-0.05, 0) is 5.56 Å². The summed E-state index contributed by atoms with van der Waals surface area (Å²) < 4.78 is 12.9. The zero-order chi connectivity index (χ0) is 7.23. The first-order valence-corrected chi connectivity index (χ1v) is 3.60. The minimum Gasteiger partial charge on any atom is -0.307 e. The molecule has 1 aromatic carbocycles. The smallest absolute Gasteiger partial charge is 0.156 e. The van der Waals surface area contributed by atoms with Crippen molar-refractivity contribution >= 4 is 12.3 Å². The van der Waals surface area contributed by atoms with E-state index in [9.17, 15) is 0 Å². The molecule has 0 aliphatic heterocycles. The number of rotatable bonds is 3. The molecule has 0 spiro atoms. The van der Waals surface area contributed by atoms with Crippen molar-refractivity contribution in [3.8, 4) is 0 Å². The maximum atomic E-state index is 8.22. The van der Waals surface area contributed by atoms with Crippen LogP contribution in [-0.4, -0.2) is 4.55 Å². The number of benzene rings is 1. The molecule has 1 rings (SSSR count). The second-order valence-electron chi connectivity index (χ2n) is 1.82. The van der Waals surface area contributed by atoms with Crippen molar-refractivity contribution in [2.24, 2.45) is 0 Å². The number of hydrogen-bond acceptors (Lipinski definition) is 3. The highest BCUT2D eigenvalue weighted by Crippen LogP contribution is 2.04. The van der Waals surface area contributed by atoms with Crippen LogP contribution in [0.3, 0.4) is 0 Å². The van der Waals surface area contributed by atoms with Crippen molar-refractivity contribution in [1.29, 1.82) is 0 Å². The average Bonchev–Trinajstić information content (AvgIpc) is 2.03. The van der Waals surface area contributed by atoms with E-state index >= 15 is 0 Å². The molecule has 1 aromatic rings. The first-order valence-electron chi connectivity index (χ1n) is 2.90. The predicted octanol–water partition coefficient (Wildman–Crippen LogP) is 2.32. The molecule has 10 heavy (non-hydrogen) atoms. The molecule has 0 bridgehead atoms. The van der Waals surface area contributed by atoms with Gasteiger partial charge in [0.05, 0.1) is 6.61 Å². The molecule has 0 atom stereocenters. The Hall–Kier alpha value is -0.510. The lowest BCUT2D eigenvalue weighted by molar-refractivity contribution is 0.333. The lowest BCUT2D eigenvalue weighted by atomic mass is 10.2. The van der Waals surface area contributed by atoms with Gasteiger partial charge in [-0.2, -0.15) is 0 Å². The molecule has 2 nitrogen and oxygen atoms in total. The van der Waals surface area contributed by atoms with Crippen LogP contribution in [-0.2, 0) is 10.8 Å². The van der Waals surface area contributed by atoms with E-state index < -0.39 is 0 Å². The van der Waals surface area contributed by atoms with E-state index in [1.54, 1.807) is 0 Å². The van der Waals surface area contributed by atoms with Crippen LogP contribution in [0.2, 0.25) is 0 Å². The summed E-state index contributed by atoms with van der Waals surface area (Å²) in [6.45, 7) is 0.446. The highest BCUT2D eigenvalue weighted by molar-refractivity contribution is 7.88. The predicted molar refractivity (Wildman–Crippen MR) is 41.5 cm³/mol. The fraction of sp³-hybridized carbons (Fsp3) is 0.143. The zero-order valence-electron chi connectivity index (χ0n) is 5.36. The van der Waals surface area contributed by atoms with Crippen LogP contribution in [0.1, 0.15) is 5.56 Å². The highest BCUT2D eigenvalue weighted by atomic mass is 32.2. The molecule has 0 saturated heterocycles. The van der Waals surface area contributed by atoms with Crippen LogP contribution in [0.15, 0.2) is 30.3 Å². The van der Waals surface area contributed by atoms with E-state index in [0.29, 0.717) is 18.9 Å². The third-order valence-corrected chi connectivity index (χ3v) is 1.34. The lowest BCUT2D eigenvalue weighted by Gasteiger charge is -1.96. The molecule has 0 amide bonds. The van der Waals surface area contributed by atoms with Gasteiger partial charge < -0.3 is 4.55 Å². The van der Waals surface area contributed by atoms with Gasteiger partial charge >= 0.3 is 0 Å². The molecule has 0 fully saturated rings. The minimum absolute atomic E-state index is 0.396. The summed E-state index contributed by atoms with van der Waals surface area (Å²) in [6, 6.07) is 9.68. The van der Waals surface area contributed by atoms with Crippen molar-refractivity contribution in [3.05, 3.63) is 35.9 Å². The Balaban J connectivity index is 2.43. The molecule has 0 aliphatic carbocycles. The fourth-order valence-electron chi connectivity index (χ4n) is 0.669. The first kappa shape index (κ1) is 7.60. The Kier molecular flexibility index (Phi) is 3.29. The summed E-state index contributed by atoms with van der Waals surface area (Å²) in [5.74, 6) is 0. The molecule has 54 valence electrons. The molecule has 0 unspecified atom stereocenters. The summed E-state index contributed by atoms with van der Waals surface area (Å²) >= 11 is 0.396. The van der Waals surface area contributed by atoms with Crippen molar-refractivity contribution in [1.82, 2.24) is 0 Å². The van der Waals surface area contributed by atoms with Gasteiger partial charge in [-0.15, -0.1) is 0 Å². The van der Waals surface area contributed by atoms with Crippen molar-refractivity contribution in [2.75, 3.05) is 0 Å². The summed E-state index contributed by atoms with van der Waals surface area (Å²) in [4.78, 5) is 0. The lowest BCUT2D eigenvalue weighted by Crippen LogP contribution is -1.82. The Morgan fingerprint density at radius 3 is 2.60 bits per heavy atom. The second kappa shape index (κ2) is 4.33. The van der Waals surface area contributed by atoms with Gasteiger partial charge in [-0.1, -0.05) is 30.3 Å². The molecule has 0 radical (unpaired) electrons. The average molecular weight is 156 g/mol. The van der Waals surface area contributed by atoms with Gasteiger partial charge in [0, 0.05) is 0 Å². The van der Waals surface area contributed by atoms with Crippen molar-refractivity contribution in [2.45, 2.75) is 6.61 Å².